The van der Waals surface area contributed by atoms with Crippen LogP contribution in [0.4, 0.5) is 4.79 Å². The van der Waals surface area contributed by atoms with Crippen molar-refractivity contribution in [2.75, 3.05) is 12.3 Å². The molecule has 2 amide bonds. The van der Waals surface area contributed by atoms with Gasteiger partial charge in [0.05, 0.1) is 0 Å². The monoisotopic (exact) mass is 539 g/mol. The number of alkyl carbamates (subject to hydrolysis) is 1. The summed E-state index contributed by atoms with van der Waals surface area (Å²) in [4.78, 5) is 42.9. The van der Waals surface area contributed by atoms with E-state index in [4.69, 9.17) is 4.74 Å². The van der Waals surface area contributed by atoms with Crippen LogP contribution in [-0.4, -0.2) is 47.2 Å². The second kappa shape index (κ2) is 14.9. The van der Waals surface area contributed by atoms with Crippen LogP contribution in [0.25, 0.3) is 0 Å². The molecule has 2 N–H and O–H groups in total. The van der Waals surface area contributed by atoms with Crippen LogP contribution in [0.3, 0.4) is 0 Å². The number of Topliss-reactive ketones (excluding diaryl/α,β-unsaturated/α-hetero) is 1. The van der Waals surface area contributed by atoms with E-state index in [0.717, 1.165) is 23.3 Å². The Hall–Kier alpha value is -2.84. The fourth-order valence-corrected chi connectivity index (χ4v) is 5.39. The lowest BCUT2D eigenvalue weighted by atomic mass is 10.0. The van der Waals surface area contributed by atoms with Gasteiger partial charge in [0.1, 0.15) is 18.8 Å². The van der Waals surface area contributed by atoms with Crippen molar-refractivity contribution in [3.63, 3.8) is 0 Å². The molecule has 0 fully saturated rings. The van der Waals surface area contributed by atoms with Gasteiger partial charge >= 0.3 is 6.09 Å². The predicted molar refractivity (Wildman–Crippen MR) is 152 cm³/mol. The number of rotatable bonds is 12. The van der Waals surface area contributed by atoms with Gasteiger partial charge in [0.25, 0.3) is 0 Å². The van der Waals surface area contributed by atoms with Gasteiger partial charge in [-0.2, -0.15) is 0 Å². The van der Waals surface area contributed by atoms with E-state index < -0.39 is 18.3 Å². The van der Waals surface area contributed by atoms with Crippen LogP contribution in [0, 0.1) is 11.8 Å². The van der Waals surface area contributed by atoms with Gasteiger partial charge in [-0.25, -0.2) is 4.79 Å². The summed E-state index contributed by atoms with van der Waals surface area (Å²) in [6, 6.07) is 16.8. The van der Waals surface area contributed by atoms with Crippen LogP contribution < -0.4 is 10.6 Å². The van der Waals surface area contributed by atoms with E-state index in [1.54, 1.807) is 11.8 Å². The van der Waals surface area contributed by atoms with Crippen molar-refractivity contribution in [2.45, 2.75) is 77.2 Å². The molecule has 2 aromatic carbocycles. The molecular weight excluding hydrogens is 498 g/mol. The van der Waals surface area contributed by atoms with E-state index >= 15 is 0 Å². The molecule has 0 spiro atoms. The molecule has 0 saturated heterocycles. The van der Waals surface area contributed by atoms with E-state index in [-0.39, 0.29) is 24.2 Å². The molecule has 2 aromatic rings. The number of carbonyl (C=O) groups is 3. The summed E-state index contributed by atoms with van der Waals surface area (Å²) in [6.45, 7) is 9.51. The largest absolute Gasteiger partial charge is 0.445 e. The lowest BCUT2D eigenvalue weighted by Crippen LogP contribution is -2.58. The molecule has 0 aliphatic carbocycles. The number of ketones is 1. The maximum absolute atomic E-state index is 13.6. The first-order chi connectivity index (χ1) is 18.2. The fourth-order valence-electron chi connectivity index (χ4n) is 4.35. The predicted octanol–water partition coefficient (Wildman–Crippen LogP) is 5.38. The van der Waals surface area contributed by atoms with Crippen molar-refractivity contribution < 1.29 is 19.1 Å². The maximum atomic E-state index is 13.6. The van der Waals surface area contributed by atoms with Gasteiger partial charge in [-0.1, -0.05) is 76.2 Å². The van der Waals surface area contributed by atoms with Crippen LogP contribution in [0.1, 0.15) is 58.1 Å². The number of hydrogen-bond donors (Lipinski definition) is 2. The quantitative estimate of drug-likeness (QED) is 0.376. The number of carbonyl (C=O) groups excluding carboxylic acids is 3. The minimum atomic E-state index is -0.813. The molecule has 38 heavy (non-hydrogen) atoms. The second-order valence-corrected chi connectivity index (χ2v) is 11.8. The Morgan fingerprint density at radius 3 is 2.37 bits per heavy atom. The summed E-state index contributed by atoms with van der Waals surface area (Å²) in [5.41, 5.74) is 2.01. The van der Waals surface area contributed by atoms with Crippen molar-refractivity contribution in [3.05, 3.63) is 65.7 Å². The molecule has 0 saturated carbocycles. The van der Waals surface area contributed by atoms with Gasteiger partial charge in [-0.3, -0.25) is 14.5 Å². The molecule has 2 atom stereocenters. The Morgan fingerprint density at radius 2 is 1.66 bits per heavy atom. The second-order valence-electron chi connectivity index (χ2n) is 10.6. The first-order valence-corrected chi connectivity index (χ1v) is 14.5. The SMILES string of the molecule is CC(C)CCC(=O)C(NC(=O)[C@H](CC(C)C)NC(=O)OCc1ccccc1)N1CCSc2ccccc2C1. The van der Waals surface area contributed by atoms with Gasteiger partial charge in [-0.15, -0.1) is 11.8 Å². The van der Waals surface area contributed by atoms with Crippen LogP contribution in [0.5, 0.6) is 0 Å². The van der Waals surface area contributed by atoms with Crippen molar-refractivity contribution >= 4 is 29.5 Å². The first-order valence-electron chi connectivity index (χ1n) is 13.5. The van der Waals surface area contributed by atoms with Gasteiger partial charge in [-0.05, 0) is 41.9 Å². The highest BCUT2D eigenvalue weighted by molar-refractivity contribution is 7.99. The van der Waals surface area contributed by atoms with Crippen molar-refractivity contribution in [1.29, 1.82) is 0 Å². The van der Waals surface area contributed by atoms with E-state index in [9.17, 15) is 14.4 Å². The Labute approximate surface area is 231 Å². The molecule has 0 aromatic heterocycles. The van der Waals surface area contributed by atoms with Crippen LogP contribution in [-0.2, 0) is 27.5 Å². The number of ether oxygens (including phenoxy) is 1. The van der Waals surface area contributed by atoms with Crippen LogP contribution >= 0.6 is 11.8 Å². The molecule has 8 heteroatoms. The summed E-state index contributed by atoms with van der Waals surface area (Å²) in [5.74, 6) is 0.970. The Morgan fingerprint density at radius 1 is 0.947 bits per heavy atom. The highest BCUT2D eigenvalue weighted by Gasteiger charge is 2.32. The molecule has 0 radical (unpaired) electrons. The smallest absolute Gasteiger partial charge is 0.408 e. The van der Waals surface area contributed by atoms with E-state index in [2.05, 4.69) is 41.5 Å². The Balaban J connectivity index is 1.73. The normalized spacial score (nSPS) is 15.3. The van der Waals surface area contributed by atoms with Crippen LogP contribution in [0.15, 0.2) is 59.5 Å². The number of fused-ring (bicyclic) bond motifs is 1. The third-order valence-electron chi connectivity index (χ3n) is 6.43. The lowest BCUT2D eigenvalue weighted by molar-refractivity contribution is -0.133. The average molecular weight is 540 g/mol. The van der Waals surface area contributed by atoms with E-state index in [0.29, 0.717) is 31.8 Å². The Kier molecular flexibility index (Phi) is 11.7. The van der Waals surface area contributed by atoms with Gasteiger partial charge in [0.2, 0.25) is 5.91 Å². The van der Waals surface area contributed by atoms with Gasteiger partial charge < -0.3 is 15.4 Å². The zero-order valence-corrected chi connectivity index (χ0v) is 23.8. The molecule has 1 aliphatic heterocycles. The molecule has 1 unspecified atom stereocenters. The summed E-state index contributed by atoms with van der Waals surface area (Å²) in [5, 5.41) is 5.75. The zero-order chi connectivity index (χ0) is 27.5. The fraction of sp³-hybridized carbons (Fsp3) is 0.500. The molecule has 1 aliphatic rings. The zero-order valence-electron chi connectivity index (χ0n) is 22.9. The summed E-state index contributed by atoms with van der Waals surface area (Å²) in [7, 11) is 0. The summed E-state index contributed by atoms with van der Waals surface area (Å²) in [6.07, 6.45) is 0.152. The Bertz CT molecular complexity index is 1060. The van der Waals surface area contributed by atoms with Crippen molar-refractivity contribution in [1.82, 2.24) is 15.5 Å². The highest BCUT2D eigenvalue weighted by atomic mass is 32.2. The number of nitrogens with one attached hydrogen (secondary N) is 2. The molecule has 206 valence electrons. The molecule has 7 nitrogen and oxygen atoms in total. The maximum Gasteiger partial charge on any atom is 0.408 e. The summed E-state index contributed by atoms with van der Waals surface area (Å²) >= 11 is 1.77. The van der Waals surface area contributed by atoms with Crippen molar-refractivity contribution in [3.8, 4) is 0 Å². The van der Waals surface area contributed by atoms with E-state index in [1.807, 2.05) is 56.3 Å². The first kappa shape index (κ1) is 29.7. The third kappa shape index (κ3) is 9.48. The summed E-state index contributed by atoms with van der Waals surface area (Å²) < 4.78 is 5.37. The molecule has 1 heterocycles. The molecular formula is C30H41N3O4S. The van der Waals surface area contributed by atoms with Crippen molar-refractivity contribution in [2.24, 2.45) is 11.8 Å². The highest BCUT2D eigenvalue weighted by Crippen LogP contribution is 2.28. The van der Waals surface area contributed by atoms with Crippen LogP contribution in [0.2, 0.25) is 0 Å². The van der Waals surface area contributed by atoms with Gasteiger partial charge in [0.15, 0.2) is 5.78 Å². The average Bonchev–Trinajstić information content (AvgIpc) is 3.11. The topological polar surface area (TPSA) is 87.7 Å². The number of amides is 2. The van der Waals surface area contributed by atoms with Gasteiger partial charge in [0, 0.05) is 30.2 Å². The number of thioether (sulfide) groups is 1. The number of benzene rings is 2. The molecule has 3 rings (SSSR count). The minimum absolute atomic E-state index is 0.00798. The standard InChI is InChI=1S/C30H41N3O4S/c1-21(2)14-15-26(34)28(33-16-17-38-27-13-9-8-12-24(27)19-33)32-29(35)25(18-22(3)4)31-30(36)37-20-23-10-6-5-7-11-23/h5-13,21-22,25,28H,14-20H2,1-4H3,(H,31,36)(H,32,35)/t25-,28?/m0/s1. The molecule has 0 bridgehead atoms. The number of hydrogen-bond acceptors (Lipinski definition) is 6. The lowest BCUT2D eigenvalue weighted by Gasteiger charge is -2.32. The third-order valence-corrected chi connectivity index (χ3v) is 7.52. The van der Waals surface area contributed by atoms with E-state index in [1.165, 1.54) is 4.90 Å². The minimum Gasteiger partial charge on any atom is -0.445 e. The number of nitrogens with zero attached hydrogens (tertiary/aromatic N) is 1.